The minimum Gasteiger partial charge on any atom is -0.503 e. The number of imide groups is 1. The largest absolute Gasteiger partial charge is 0.503 e. The summed E-state index contributed by atoms with van der Waals surface area (Å²) >= 11 is 0. The summed E-state index contributed by atoms with van der Waals surface area (Å²) in [6, 6.07) is 13.4. The van der Waals surface area contributed by atoms with Gasteiger partial charge < -0.3 is 9.47 Å². The summed E-state index contributed by atoms with van der Waals surface area (Å²) in [6.45, 7) is 3.90. The smallest absolute Gasteiger partial charge is 0.341 e. The number of amides is 2. The number of methoxy groups -OCH3 is 2. The van der Waals surface area contributed by atoms with E-state index in [0.717, 1.165) is 5.06 Å². The number of hydrogen-bond acceptors (Lipinski definition) is 6. The molecular formula is C22H23NO6. The van der Waals surface area contributed by atoms with E-state index in [-0.39, 0.29) is 12.2 Å². The van der Waals surface area contributed by atoms with Gasteiger partial charge in [0.2, 0.25) is 0 Å². The maximum absolute atomic E-state index is 12.4. The van der Waals surface area contributed by atoms with Crippen molar-refractivity contribution in [2.75, 3.05) is 14.2 Å². The fraction of sp³-hybridized carbons (Fsp3) is 0.227. The zero-order chi connectivity index (χ0) is 21.4. The van der Waals surface area contributed by atoms with Crippen LogP contribution in [-0.2, 0) is 25.7 Å². The predicted molar refractivity (Wildman–Crippen MR) is 107 cm³/mol. The van der Waals surface area contributed by atoms with Gasteiger partial charge in [-0.15, -0.1) is 5.06 Å². The molecule has 7 heteroatoms. The van der Waals surface area contributed by atoms with Crippen molar-refractivity contribution in [3.8, 4) is 0 Å². The topological polar surface area (TPSA) is 82.1 Å². The molecule has 0 N–H and O–H groups in total. The van der Waals surface area contributed by atoms with Gasteiger partial charge in [0.15, 0.2) is 0 Å². The maximum atomic E-state index is 12.4. The normalized spacial score (nSPS) is 12.8. The van der Waals surface area contributed by atoms with Crippen LogP contribution in [-0.4, -0.2) is 37.1 Å². The average Bonchev–Trinajstić information content (AvgIpc) is 3.02. The number of rotatable bonds is 6. The van der Waals surface area contributed by atoms with E-state index in [1.807, 2.05) is 13.8 Å². The van der Waals surface area contributed by atoms with Crippen LogP contribution in [0.1, 0.15) is 45.7 Å². The summed E-state index contributed by atoms with van der Waals surface area (Å²) in [7, 11) is 2.69. The molecule has 2 amide bonds. The first-order chi connectivity index (χ1) is 14.1. The number of ether oxygens (including phenoxy) is 2. The van der Waals surface area contributed by atoms with Crippen molar-refractivity contribution in [1.29, 1.82) is 0 Å². The van der Waals surface area contributed by atoms with Crippen LogP contribution in [0.5, 0.6) is 0 Å². The Morgan fingerprint density at radius 1 is 0.931 bits per heavy atom. The minimum atomic E-state index is -0.579. The third-order valence-electron chi connectivity index (χ3n) is 4.05. The second kappa shape index (κ2) is 10.2. The lowest BCUT2D eigenvalue weighted by Crippen LogP contribution is -2.30. The lowest BCUT2D eigenvalue weighted by molar-refractivity contribution is -0.133. The Bertz CT molecular complexity index is 899. The van der Waals surface area contributed by atoms with Crippen LogP contribution in [0, 0.1) is 0 Å². The number of benzene rings is 2. The van der Waals surface area contributed by atoms with Crippen LogP contribution in [0.3, 0.4) is 0 Å². The summed E-state index contributed by atoms with van der Waals surface area (Å²) in [5.41, 5.74) is 1.89. The predicted octanol–water partition coefficient (Wildman–Crippen LogP) is 3.60. The first-order valence-corrected chi connectivity index (χ1v) is 9.08. The monoisotopic (exact) mass is 397 g/mol. The van der Waals surface area contributed by atoms with Gasteiger partial charge in [-0.3, -0.25) is 14.4 Å². The van der Waals surface area contributed by atoms with Gasteiger partial charge in [0.25, 0.3) is 11.8 Å². The van der Waals surface area contributed by atoms with Crippen LogP contribution in [0.2, 0.25) is 0 Å². The molecule has 7 nitrogen and oxygen atoms in total. The first-order valence-electron chi connectivity index (χ1n) is 9.08. The molecule has 2 aromatic carbocycles. The van der Waals surface area contributed by atoms with Gasteiger partial charge in [-0.25, -0.2) is 4.79 Å². The Labute approximate surface area is 169 Å². The third kappa shape index (κ3) is 4.52. The highest BCUT2D eigenvalue weighted by Crippen LogP contribution is 2.25. The van der Waals surface area contributed by atoms with E-state index in [2.05, 4.69) is 0 Å². The van der Waals surface area contributed by atoms with Gasteiger partial charge in [-0.2, -0.15) is 0 Å². The number of nitrogens with zero attached hydrogens (tertiary/aromatic N) is 1. The minimum absolute atomic E-state index is 0.0975. The molecule has 0 unspecified atom stereocenters. The molecule has 3 rings (SSSR count). The number of carbonyl (C=O) groups excluding carboxylic acids is 3. The van der Waals surface area contributed by atoms with Gasteiger partial charge in [-0.05, 0) is 23.3 Å². The summed E-state index contributed by atoms with van der Waals surface area (Å²) in [4.78, 5) is 42.3. The van der Waals surface area contributed by atoms with Gasteiger partial charge in [-0.1, -0.05) is 50.2 Å². The second-order valence-electron chi connectivity index (χ2n) is 5.64. The van der Waals surface area contributed by atoms with Crippen LogP contribution < -0.4 is 0 Å². The molecule has 0 radical (unpaired) electrons. The highest BCUT2D eigenvalue weighted by Gasteiger charge is 2.36. The van der Waals surface area contributed by atoms with E-state index in [4.69, 9.17) is 14.3 Å². The molecule has 0 bridgehead atoms. The lowest BCUT2D eigenvalue weighted by Gasteiger charge is -2.16. The highest BCUT2D eigenvalue weighted by atomic mass is 16.7. The molecule has 0 aromatic heterocycles. The molecule has 0 fully saturated rings. The highest BCUT2D eigenvalue weighted by molar-refractivity contribution is 6.20. The summed E-state index contributed by atoms with van der Waals surface area (Å²) < 4.78 is 9.75. The number of fused-ring (bicyclic) bond motifs is 1. The Morgan fingerprint density at radius 3 is 2.03 bits per heavy atom. The quantitative estimate of drug-likeness (QED) is 0.321. The second-order valence-corrected chi connectivity index (χ2v) is 5.64. The Balaban J connectivity index is 0.00000145. The molecule has 152 valence electrons. The molecule has 0 aliphatic carbocycles. The molecule has 0 spiro atoms. The van der Waals surface area contributed by atoms with Crippen molar-refractivity contribution in [3.05, 3.63) is 77.0 Å². The summed E-state index contributed by atoms with van der Waals surface area (Å²) in [6.07, 6.45) is 1.27. The summed E-state index contributed by atoms with van der Waals surface area (Å²) in [5.74, 6) is -1.62. The molecule has 1 aliphatic heterocycles. The van der Waals surface area contributed by atoms with E-state index in [9.17, 15) is 14.4 Å². The molecule has 1 heterocycles. The van der Waals surface area contributed by atoms with Crippen molar-refractivity contribution >= 4 is 23.4 Å². The Hall–Kier alpha value is -3.45. The number of hydroxylamine groups is 2. The zero-order valence-corrected chi connectivity index (χ0v) is 16.8. The molecule has 1 aliphatic rings. The number of esters is 1. The number of carbonyl (C=O) groups is 3. The lowest BCUT2D eigenvalue weighted by atomic mass is 10.0. The fourth-order valence-corrected chi connectivity index (χ4v) is 2.78. The summed E-state index contributed by atoms with van der Waals surface area (Å²) in [5, 5.41) is 0.735. The number of hydrogen-bond donors (Lipinski definition) is 0. The van der Waals surface area contributed by atoms with Crippen molar-refractivity contribution in [2.24, 2.45) is 0 Å². The maximum Gasteiger partial charge on any atom is 0.341 e. The van der Waals surface area contributed by atoms with E-state index in [1.54, 1.807) is 48.5 Å². The van der Waals surface area contributed by atoms with Gasteiger partial charge in [0, 0.05) is 0 Å². The Morgan fingerprint density at radius 2 is 1.48 bits per heavy atom. The van der Waals surface area contributed by atoms with Crippen LogP contribution in [0.4, 0.5) is 0 Å². The average molecular weight is 397 g/mol. The third-order valence-corrected chi connectivity index (χ3v) is 4.05. The Kier molecular flexibility index (Phi) is 7.68. The van der Waals surface area contributed by atoms with E-state index in [1.165, 1.54) is 20.5 Å². The van der Waals surface area contributed by atoms with Crippen molar-refractivity contribution in [1.82, 2.24) is 5.06 Å². The molecule has 0 atom stereocenters. The van der Waals surface area contributed by atoms with Gasteiger partial charge >= 0.3 is 5.97 Å². The van der Waals surface area contributed by atoms with Gasteiger partial charge in [0.1, 0.15) is 12.2 Å². The standard InChI is InChI=1S/C20H17NO6.C2H6/c1-25-12-17(20(24)26-2)14-8-4-3-7-13(14)11-27-21-18(22)15-9-5-6-10-16(15)19(21)23;1-2/h3-10,12H,11H2,1-2H3;1-2H3/b17-12+;. The first kappa shape index (κ1) is 21.8. The molecule has 29 heavy (non-hydrogen) atoms. The van der Waals surface area contributed by atoms with Gasteiger partial charge in [0.05, 0.1) is 31.6 Å². The fourth-order valence-electron chi connectivity index (χ4n) is 2.78. The van der Waals surface area contributed by atoms with Crippen molar-refractivity contribution in [2.45, 2.75) is 20.5 Å². The SMILES string of the molecule is CC.CO/C=C(/C(=O)OC)c1ccccc1CON1C(=O)c2ccccc2C1=O. The molecule has 0 saturated heterocycles. The molecule has 0 saturated carbocycles. The molecule has 2 aromatic rings. The van der Waals surface area contributed by atoms with Crippen LogP contribution in [0.15, 0.2) is 54.8 Å². The van der Waals surface area contributed by atoms with E-state index >= 15 is 0 Å². The van der Waals surface area contributed by atoms with Crippen molar-refractivity contribution < 1.29 is 28.7 Å². The van der Waals surface area contributed by atoms with Crippen LogP contribution in [0.25, 0.3) is 5.57 Å². The molecular weight excluding hydrogens is 374 g/mol. The van der Waals surface area contributed by atoms with E-state index < -0.39 is 17.8 Å². The van der Waals surface area contributed by atoms with Crippen molar-refractivity contribution in [3.63, 3.8) is 0 Å². The van der Waals surface area contributed by atoms with Crippen LogP contribution >= 0.6 is 0 Å². The zero-order valence-electron chi connectivity index (χ0n) is 16.8. The van der Waals surface area contributed by atoms with E-state index in [0.29, 0.717) is 22.3 Å².